The van der Waals surface area contributed by atoms with Gasteiger partial charge in [-0.05, 0) is 210 Å². The van der Waals surface area contributed by atoms with Gasteiger partial charge in [-0.1, -0.05) is 40.0 Å². The lowest BCUT2D eigenvalue weighted by molar-refractivity contribution is -0.169. The molecule has 0 spiro atoms. The second-order valence-corrected chi connectivity index (χ2v) is 26.2. The lowest BCUT2D eigenvalue weighted by Gasteiger charge is -2.41. The number of rotatable bonds is 21. The highest BCUT2D eigenvalue weighted by molar-refractivity contribution is 5.78. The number of fused-ring (bicyclic) bond motifs is 13. The number of hydrogen-bond donors (Lipinski definition) is 0. The number of methoxy groups -OCH3 is 1. The fraction of sp³-hybridized carbons (Fsp3) is 0.900. The molecule has 0 aromatic heterocycles. The highest BCUT2D eigenvalue weighted by atomic mass is 16.7. The van der Waals surface area contributed by atoms with Gasteiger partial charge in [-0.15, -0.1) is 0 Å². The Hall–Kier alpha value is -3.30. The summed E-state index contributed by atoms with van der Waals surface area (Å²) in [5, 5.41) is 0. The first kappa shape index (κ1) is 59.4. The van der Waals surface area contributed by atoms with Crippen LogP contribution >= 0.6 is 0 Å². The van der Waals surface area contributed by atoms with Gasteiger partial charge in [0.15, 0.2) is 20.4 Å². The van der Waals surface area contributed by atoms with E-state index >= 15 is 0 Å². The zero-order chi connectivity index (χ0) is 54.4. The number of hydrogen-bond acceptors (Lipinski definition) is 15. The Labute approximate surface area is 448 Å². The third kappa shape index (κ3) is 13.8. The molecule has 426 valence electrons. The highest BCUT2D eigenvalue weighted by Crippen LogP contribution is 2.69. The van der Waals surface area contributed by atoms with Crippen LogP contribution in [0.25, 0.3) is 0 Å². The molecule has 0 radical (unpaired) electrons. The van der Waals surface area contributed by atoms with E-state index in [0.717, 1.165) is 83.7 Å². The normalized spacial score (nSPS) is 34.9. The number of carbonyl (C=O) groups is 6. The number of esters is 6. The molecule has 9 aliphatic rings. The summed E-state index contributed by atoms with van der Waals surface area (Å²) in [5.41, 5.74) is -1.26. The first-order valence-corrected chi connectivity index (χ1v) is 29.4. The van der Waals surface area contributed by atoms with Crippen molar-refractivity contribution >= 4 is 35.8 Å². The number of ether oxygens (including phenoxy) is 9. The molecular weight excluding hydrogens is 961 g/mol. The summed E-state index contributed by atoms with van der Waals surface area (Å²) in [6.45, 7) is 20.9. The van der Waals surface area contributed by atoms with Gasteiger partial charge in [0, 0.05) is 13.7 Å². The van der Waals surface area contributed by atoms with Gasteiger partial charge in [-0.3, -0.25) is 28.8 Å². The van der Waals surface area contributed by atoms with E-state index in [9.17, 15) is 28.8 Å². The molecule has 8 bridgehead atoms. The molecule has 0 N–H and O–H groups in total. The number of carbonyl (C=O) groups excluding carboxylic acids is 6. The van der Waals surface area contributed by atoms with E-state index in [2.05, 4.69) is 0 Å². The lowest BCUT2D eigenvalue weighted by atomic mass is 9.67. The SMILES string of the molecule is CCC(C)(C)C(=O)OC1CC2CC1C1C3CC(C(=O)OCOCC4CCCCC4)C(C3)C21.CCC(C)(C)C(=O)OC1CC2CC1CC2C(=O)OCOC.CCOCOC(=O)C1CC2CC1CC2OC(=O)C(C)(C)CC. The fourth-order valence-corrected chi connectivity index (χ4v) is 14.9. The maximum absolute atomic E-state index is 12.9. The quantitative estimate of drug-likeness (QED) is 0.0347. The van der Waals surface area contributed by atoms with Gasteiger partial charge < -0.3 is 42.6 Å². The lowest BCUT2D eigenvalue weighted by Crippen LogP contribution is -2.42. The van der Waals surface area contributed by atoms with Gasteiger partial charge >= 0.3 is 35.8 Å². The van der Waals surface area contributed by atoms with Crippen LogP contribution in [-0.2, 0) is 71.4 Å². The monoisotopic (exact) mass is 1060 g/mol. The molecular formula is C60H96O15. The molecule has 0 saturated heterocycles. The molecule has 15 heteroatoms. The Morgan fingerprint density at radius 2 is 0.840 bits per heavy atom. The predicted octanol–water partition coefficient (Wildman–Crippen LogP) is 10.8. The van der Waals surface area contributed by atoms with Crippen LogP contribution in [0.2, 0.25) is 0 Å². The molecule has 16 unspecified atom stereocenters. The van der Waals surface area contributed by atoms with Gasteiger partial charge in [0.2, 0.25) is 0 Å². The zero-order valence-electron chi connectivity index (χ0n) is 47.7. The largest absolute Gasteiger partial charge is 0.462 e. The summed E-state index contributed by atoms with van der Waals surface area (Å²) in [4.78, 5) is 73.8. The van der Waals surface area contributed by atoms with Crippen LogP contribution in [0.4, 0.5) is 0 Å². The van der Waals surface area contributed by atoms with Crippen LogP contribution in [0.5, 0.6) is 0 Å². The molecule has 75 heavy (non-hydrogen) atoms. The van der Waals surface area contributed by atoms with Crippen molar-refractivity contribution in [3.63, 3.8) is 0 Å². The summed E-state index contributed by atoms with van der Waals surface area (Å²) >= 11 is 0. The smallest absolute Gasteiger partial charge is 0.311 e. The van der Waals surface area contributed by atoms with Crippen LogP contribution in [0.3, 0.4) is 0 Å². The van der Waals surface area contributed by atoms with Gasteiger partial charge in [-0.25, -0.2) is 0 Å². The molecule has 16 atom stereocenters. The molecule has 0 amide bonds. The van der Waals surface area contributed by atoms with E-state index < -0.39 is 16.2 Å². The first-order chi connectivity index (χ1) is 35.7. The average molecular weight is 1060 g/mol. The molecule has 0 aliphatic heterocycles. The third-order valence-corrected chi connectivity index (χ3v) is 20.5. The van der Waals surface area contributed by atoms with Crippen molar-refractivity contribution in [3.8, 4) is 0 Å². The molecule has 9 rings (SSSR count). The standard InChI is InChI=1S/C27H42O5.C17H28O5.C16H26O5/c1-4-27(2,3)26(29)32-22-13-18-12-21(22)24-17-10-19(23(18)24)20(11-17)25(28)31-15-30-14-16-8-6-5-7-9-16;1-5-17(3,4)16(19)22-14-9-11-7-12(14)8-13(11)15(18)21-10-20-6-2;1-5-16(2,3)15(18)21-13-8-10-6-11(13)7-12(10)14(17)20-9-19-4/h16-24H,4-15H2,1-3H3;11-14H,5-10H2,1-4H3;10-13H,5-9H2,1-4H3. The van der Waals surface area contributed by atoms with E-state index in [4.69, 9.17) is 42.6 Å². The van der Waals surface area contributed by atoms with Crippen molar-refractivity contribution in [2.24, 2.45) is 99.1 Å². The fourth-order valence-electron chi connectivity index (χ4n) is 14.9. The Balaban J connectivity index is 0.000000170. The Morgan fingerprint density at radius 3 is 1.31 bits per heavy atom. The first-order valence-electron chi connectivity index (χ1n) is 29.4. The molecule has 0 heterocycles. The van der Waals surface area contributed by atoms with Gasteiger partial charge in [0.05, 0.1) is 40.6 Å². The second-order valence-electron chi connectivity index (χ2n) is 26.2. The minimum absolute atomic E-state index is 0.00975. The summed E-state index contributed by atoms with van der Waals surface area (Å²) in [6, 6.07) is 0. The van der Waals surface area contributed by atoms with Crippen LogP contribution in [0.15, 0.2) is 0 Å². The minimum atomic E-state index is -0.433. The van der Waals surface area contributed by atoms with Crippen molar-refractivity contribution in [2.75, 3.05) is 40.7 Å². The topological polar surface area (TPSA) is 185 Å². The maximum Gasteiger partial charge on any atom is 0.311 e. The van der Waals surface area contributed by atoms with Gasteiger partial charge in [0.25, 0.3) is 0 Å². The van der Waals surface area contributed by atoms with Crippen molar-refractivity contribution in [3.05, 3.63) is 0 Å². The molecule has 9 fully saturated rings. The minimum Gasteiger partial charge on any atom is -0.462 e. The molecule has 9 saturated carbocycles. The van der Waals surface area contributed by atoms with Crippen LogP contribution in [0, 0.1) is 99.1 Å². The maximum atomic E-state index is 12.9. The van der Waals surface area contributed by atoms with E-state index in [0.29, 0.717) is 59.9 Å². The zero-order valence-corrected chi connectivity index (χ0v) is 47.7. The van der Waals surface area contributed by atoms with Crippen molar-refractivity contribution in [1.82, 2.24) is 0 Å². The van der Waals surface area contributed by atoms with Gasteiger partial charge in [0.1, 0.15) is 18.3 Å². The summed E-state index contributed by atoms with van der Waals surface area (Å²) < 4.78 is 48.8. The van der Waals surface area contributed by atoms with Gasteiger partial charge in [-0.2, -0.15) is 0 Å². The van der Waals surface area contributed by atoms with E-state index in [1.807, 2.05) is 69.2 Å². The molecule has 9 aliphatic carbocycles. The van der Waals surface area contributed by atoms with Crippen molar-refractivity contribution < 1.29 is 71.4 Å². The Bertz CT molecular complexity index is 1960. The summed E-state index contributed by atoms with van der Waals surface area (Å²) in [5.74, 6) is 4.54. The second kappa shape index (κ2) is 25.7. The Kier molecular flexibility index (Phi) is 20.3. The summed E-state index contributed by atoms with van der Waals surface area (Å²) in [7, 11) is 1.50. The van der Waals surface area contributed by atoms with Crippen LogP contribution in [-0.4, -0.2) is 94.8 Å². The predicted molar refractivity (Wildman–Crippen MR) is 277 cm³/mol. The highest BCUT2D eigenvalue weighted by Gasteiger charge is 2.67. The summed E-state index contributed by atoms with van der Waals surface area (Å²) in [6.07, 6.45) is 18.1. The van der Waals surface area contributed by atoms with E-state index in [1.165, 1.54) is 45.6 Å². The van der Waals surface area contributed by atoms with Crippen LogP contribution < -0.4 is 0 Å². The molecule has 0 aromatic rings. The Morgan fingerprint density at radius 1 is 0.427 bits per heavy atom. The van der Waals surface area contributed by atoms with E-state index in [1.54, 1.807) is 0 Å². The molecule has 0 aromatic carbocycles. The van der Waals surface area contributed by atoms with E-state index in [-0.39, 0.29) is 104 Å². The third-order valence-electron chi connectivity index (χ3n) is 20.5. The average Bonchev–Trinajstić information content (AvgIpc) is 4.30. The molecule has 15 nitrogen and oxygen atoms in total. The van der Waals surface area contributed by atoms with Crippen molar-refractivity contribution in [2.45, 2.75) is 203 Å². The van der Waals surface area contributed by atoms with Crippen molar-refractivity contribution in [1.29, 1.82) is 0 Å². The van der Waals surface area contributed by atoms with Crippen LogP contribution in [0.1, 0.15) is 185 Å².